The number of rotatable bonds is 2. The predicted molar refractivity (Wildman–Crippen MR) is 79.8 cm³/mol. The molecule has 0 aromatic heterocycles. The molecule has 104 valence electrons. The van der Waals surface area contributed by atoms with Gasteiger partial charge in [-0.3, -0.25) is 0 Å². The van der Waals surface area contributed by atoms with Crippen molar-refractivity contribution in [1.82, 2.24) is 0 Å². The third-order valence-corrected chi connectivity index (χ3v) is 5.35. The third-order valence-electron chi connectivity index (χ3n) is 4.77. The number of hydrogen-bond acceptors (Lipinski definition) is 1. The summed E-state index contributed by atoms with van der Waals surface area (Å²) in [5, 5.41) is 0.145. The van der Waals surface area contributed by atoms with Gasteiger partial charge in [-0.15, -0.1) is 11.6 Å². The van der Waals surface area contributed by atoms with Gasteiger partial charge in [0.1, 0.15) is 0 Å². The first-order valence-electron chi connectivity index (χ1n) is 7.59. The Morgan fingerprint density at radius 1 is 1.21 bits per heavy atom. The molecule has 1 saturated heterocycles. The maximum atomic E-state index is 6.77. The van der Waals surface area contributed by atoms with Gasteiger partial charge in [0, 0.05) is 13.2 Å². The van der Waals surface area contributed by atoms with Crippen molar-refractivity contribution in [2.45, 2.75) is 44.4 Å². The van der Waals surface area contributed by atoms with Gasteiger partial charge in [0.25, 0.3) is 0 Å². The SMILES string of the molecule is CC1COCCC1C(Cl)c1ccc2c(c1)CCCC2. The number of alkyl halides is 1. The van der Waals surface area contributed by atoms with Crippen LogP contribution in [0.2, 0.25) is 0 Å². The molecule has 2 aliphatic rings. The number of fused-ring (bicyclic) bond motifs is 1. The molecule has 0 radical (unpaired) electrons. The topological polar surface area (TPSA) is 9.23 Å². The summed E-state index contributed by atoms with van der Waals surface area (Å²) in [5.74, 6) is 1.12. The molecule has 1 aliphatic carbocycles. The smallest absolute Gasteiger partial charge is 0.0617 e. The fourth-order valence-electron chi connectivity index (χ4n) is 3.50. The lowest BCUT2D eigenvalue weighted by Crippen LogP contribution is -2.28. The average molecular weight is 279 g/mol. The first-order chi connectivity index (χ1) is 9.25. The molecule has 0 bridgehead atoms. The Morgan fingerprint density at radius 2 is 2.00 bits per heavy atom. The number of ether oxygens (including phenoxy) is 1. The van der Waals surface area contributed by atoms with Gasteiger partial charge < -0.3 is 4.74 Å². The van der Waals surface area contributed by atoms with Crippen LogP contribution in [0.15, 0.2) is 18.2 Å². The van der Waals surface area contributed by atoms with Crippen LogP contribution in [0, 0.1) is 11.8 Å². The molecule has 0 spiro atoms. The zero-order chi connectivity index (χ0) is 13.2. The first kappa shape index (κ1) is 13.5. The quantitative estimate of drug-likeness (QED) is 0.723. The Labute approximate surface area is 121 Å². The third kappa shape index (κ3) is 2.83. The van der Waals surface area contributed by atoms with E-state index in [0.29, 0.717) is 11.8 Å². The van der Waals surface area contributed by atoms with Crippen LogP contribution in [-0.2, 0) is 17.6 Å². The standard InChI is InChI=1S/C17H23ClO/c1-12-11-19-9-8-16(12)17(18)15-7-6-13-4-2-3-5-14(13)10-15/h6-7,10,12,16-17H,2-5,8-9,11H2,1H3. The molecule has 3 atom stereocenters. The van der Waals surface area contributed by atoms with E-state index in [0.717, 1.165) is 19.6 Å². The van der Waals surface area contributed by atoms with E-state index in [4.69, 9.17) is 16.3 Å². The van der Waals surface area contributed by atoms with Crippen molar-refractivity contribution >= 4 is 11.6 Å². The van der Waals surface area contributed by atoms with Crippen LogP contribution < -0.4 is 0 Å². The summed E-state index contributed by atoms with van der Waals surface area (Å²) in [4.78, 5) is 0. The second-order valence-corrected chi connectivity index (χ2v) is 6.61. The Morgan fingerprint density at radius 3 is 2.79 bits per heavy atom. The maximum absolute atomic E-state index is 6.77. The largest absolute Gasteiger partial charge is 0.381 e. The molecule has 1 heterocycles. The molecule has 0 saturated carbocycles. The Hall–Kier alpha value is -0.530. The van der Waals surface area contributed by atoms with E-state index < -0.39 is 0 Å². The van der Waals surface area contributed by atoms with Crippen LogP contribution in [0.25, 0.3) is 0 Å². The highest BCUT2D eigenvalue weighted by Gasteiger charge is 2.29. The predicted octanol–water partition coefficient (Wildman–Crippen LogP) is 4.52. The summed E-state index contributed by atoms with van der Waals surface area (Å²) < 4.78 is 5.53. The summed E-state index contributed by atoms with van der Waals surface area (Å²) >= 11 is 6.77. The van der Waals surface area contributed by atoms with Gasteiger partial charge in [-0.1, -0.05) is 25.1 Å². The fraction of sp³-hybridized carbons (Fsp3) is 0.647. The van der Waals surface area contributed by atoms with E-state index >= 15 is 0 Å². The van der Waals surface area contributed by atoms with Gasteiger partial charge in [0.15, 0.2) is 0 Å². The molecule has 1 aromatic rings. The number of benzene rings is 1. The number of halogens is 1. The van der Waals surface area contributed by atoms with Crippen LogP contribution in [0.3, 0.4) is 0 Å². The Kier molecular flexibility index (Phi) is 4.14. The normalized spacial score (nSPS) is 28.7. The summed E-state index contributed by atoms with van der Waals surface area (Å²) in [6.07, 6.45) is 6.24. The van der Waals surface area contributed by atoms with Crippen molar-refractivity contribution < 1.29 is 4.74 Å². The second kappa shape index (κ2) is 5.85. The molecule has 2 heteroatoms. The highest BCUT2D eigenvalue weighted by Crippen LogP contribution is 2.39. The minimum Gasteiger partial charge on any atom is -0.381 e. The van der Waals surface area contributed by atoms with Gasteiger partial charge in [-0.25, -0.2) is 0 Å². The van der Waals surface area contributed by atoms with E-state index in [-0.39, 0.29) is 5.38 Å². The molecule has 0 N–H and O–H groups in total. The van der Waals surface area contributed by atoms with Gasteiger partial charge in [-0.05, 0) is 60.6 Å². The van der Waals surface area contributed by atoms with E-state index in [1.54, 1.807) is 5.56 Å². The fourth-order valence-corrected chi connectivity index (χ4v) is 4.01. The molecule has 1 nitrogen and oxygen atoms in total. The Balaban J connectivity index is 1.80. The molecular formula is C17H23ClO. The Bertz CT molecular complexity index is 443. The van der Waals surface area contributed by atoms with Crippen LogP contribution in [0.1, 0.15) is 48.3 Å². The van der Waals surface area contributed by atoms with E-state index in [1.807, 2.05) is 0 Å². The molecule has 3 unspecified atom stereocenters. The lowest BCUT2D eigenvalue weighted by Gasteiger charge is -2.33. The summed E-state index contributed by atoms with van der Waals surface area (Å²) in [5.41, 5.74) is 4.40. The highest BCUT2D eigenvalue weighted by molar-refractivity contribution is 6.21. The summed E-state index contributed by atoms with van der Waals surface area (Å²) in [6, 6.07) is 6.93. The molecule has 1 aromatic carbocycles. The van der Waals surface area contributed by atoms with Crippen molar-refractivity contribution in [2.24, 2.45) is 11.8 Å². The van der Waals surface area contributed by atoms with Crippen molar-refractivity contribution in [3.63, 3.8) is 0 Å². The average Bonchev–Trinajstić information content (AvgIpc) is 2.46. The molecule has 1 aliphatic heterocycles. The first-order valence-corrected chi connectivity index (χ1v) is 8.03. The van der Waals surface area contributed by atoms with Crippen molar-refractivity contribution in [2.75, 3.05) is 13.2 Å². The molecule has 3 rings (SSSR count). The van der Waals surface area contributed by atoms with Crippen LogP contribution >= 0.6 is 11.6 Å². The van der Waals surface area contributed by atoms with Crippen molar-refractivity contribution in [1.29, 1.82) is 0 Å². The summed E-state index contributed by atoms with van der Waals surface area (Å²) in [7, 11) is 0. The summed E-state index contributed by atoms with van der Waals surface area (Å²) in [6.45, 7) is 3.99. The molecular weight excluding hydrogens is 256 g/mol. The van der Waals surface area contributed by atoms with E-state index in [1.165, 1.54) is 36.8 Å². The van der Waals surface area contributed by atoms with Crippen LogP contribution in [-0.4, -0.2) is 13.2 Å². The highest BCUT2D eigenvalue weighted by atomic mass is 35.5. The number of aryl methyl sites for hydroxylation is 2. The van der Waals surface area contributed by atoms with Gasteiger partial charge in [0.2, 0.25) is 0 Å². The molecule has 1 fully saturated rings. The van der Waals surface area contributed by atoms with Crippen LogP contribution in [0.4, 0.5) is 0 Å². The lowest BCUT2D eigenvalue weighted by molar-refractivity contribution is 0.0228. The zero-order valence-corrected chi connectivity index (χ0v) is 12.5. The zero-order valence-electron chi connectivity index (χ0n) is 11.7. The van der Waals surface area contributed by atoms with Gasteiger partial charge in [-0.2, -0.15) is 0 Å². The van der Waals surface area contributed by atoms with Crippen molar-refractivity contribution in [3.05, 3.63) is 34.9 Å². The van der Waals surface area contributed by atoms with E-state index in [9.17, 15) is 0 Å². The minimum atomic E-state index is 0.145. The number of hydrogen-bond donors (Lipinski definition) is 0. The van der Waals surface area contributed by atoms with Crippen LogP contribution in [0.5, 0.6) is 0 Å². The van der Waals surface area contributed by atoms with Gasteiger partial charge in [0.05, 0.1) is 5.38 Å². The van der Waals surface area contributed by atoms with Gasteiger partial charge >= 0.3 is 0 Å². The van der Waals surface area contributed by atoms with Crippen molar-refractivity contribution in [3.8, 4) is 0 Å². The van der Waals surface area contributed by atoms with E-state index in [2.05, 4.69) is 25.1 Å². The molecule has 19 heavy (non-hydrogen) atoms. The lowest BCUT2D eigenvalue weighted by atomic mass is 9.82. The molecule has 0 amide bonds. The second-order valence-electron chi connectivity index (χ2n) is 6.14. The minimum absolute atomic E-state index is 0.145. The maximum Gasteiger partial charge on any atom is 0.0617 e. The monoisotopic (exact) mass is 278 g/mol.